The fourth-order valence-corrected chi connectivity index (χ4v) is 6.09. The van der Waals surface area contributed by atoms with E-state index in [2.05, 4.69) is 24.4 Å². The Hall–Kier alpha value is -3.02. The molecule has 0 radical (unpaired) electrons. The molecule has 6 heteroatoms. The number of rotatable bonds is 5. The number of nitrogen functional groups attached to an aromatic ring is 1. The van der Waals surface area contributed by atoms with E-state index in [1.54, 1.807) is 0 Å². The lowest BCUT2D eigenvalue weighted by atomic mass is 9.52. The Morgan fingerprint density at radius 2 is 1.76 bits per heavy atom. The van der Waals surface area contributed by atoms with Crippen molar-refractivity contribution in [2.24, 2.45) is 5.41 Å². The monoisotopic (exact) mass is 461 g/mol. The summed E-state index contributed by atoms with van der Waals surface area (Å²) < 4.78 is 5.47. The number of hydrogen-bond acceptors (Lipinski definition) is 4. The molecule has 2 aromatic rings. The molecule has 1 aliphatic heterocycles. The zero-order valence-corrected chi connectivity index (χ0v) is 20.0. The molecule has 6 nitrogen and oxygen atoms in total. The van der Waals surface area contributed by atoms with E-state index in [0.29, 0.717) is 29.8 Å². The Labute approximate surface area is 201 Å². The molecule has 180 valence electrons. The van der Waals surface area contributed by atoms with Crippen LogP contribution in [0, 0.1) is 5.41 Å². The molecule has 0 aromatic heterocycles. The van der Waals surface area contributed by atoms with Crippen molar-refractivity contribution < 1.29 is 14.3 Å². The zero-order valence-electron chi connectivity index (χ0n) is 20.0. The average Bonchev–Trinajstić information content (AvgIpc) is 3.35. The van der Waals surface area contributed by atoms with Crippen molar-refractivity contribution in [3.05, 3.63) is 59.7 Å². The fraction of sp³-hybridized carbons (Fsp3) is 0.500. The highest BCUT2D eigenvalue weighted by Gasteiger charge is 2.47. The molecule has 4 fully saturated rings. The topological polar surface area (TPSA) is 84.7 Å². The van der Waals surface area contributed by atoms with Gasteiger partial charge in [0.2, 0.25) is 5.91 Å². The number of nitrogens with one attached hydrogen (secondary N) is 1. The van der Waals surface area contributed by atoms with E-state index >= 15 is 0 Å². The summed E-state index contributed by atoms with van der Waals surface area (Å²) in [6.07, 6.45) is 8.44. The maximum Gasteiger partial charge on any atom is 0.410 e. The van der Waals surface area contributed by atoms with Gasteiger partial charge in [-0.1, -0.05) is 43.3 Å². The highest BCUT2D eigenvalue weighted by atomic mass is 16.6. The summed E-state index contributed by atoms with van der Waals surface area (Å²) in [4.78, 5) is 27.3. The third-order valence-corrected chi connectivity index (χ3v) is 8.54. The van der Waals surface area contributed by atoms with Gasteiger partial charge in [0.1, 0.15) is 12.6 Å². The molecule has 4 aliphatic rings. The van der Waals surface area contributed by atoms with Crippen molar-refractivity contribution in [1.82, 2.24) is 4.90 Å². The van der Waals surface area contributed by atoms with E-state index in [9.17, 15) is 9.59 Å². The predicted octanol–water partition coefficient (Wildman–Crippen LogP) is 5.62. The van der Waals surface area contributed by atoms with Crippen LogP contribution in [0.5, 0.6) is 0 Å². The van der Waals surface area contributed by atoms with Crippen molar-refractivity contribution in [2.45, 2.75) is 76.4 Å². The molecule has 6 rings (SSSR count). The van der Waals surface area contributed by atoms with Crippen LogP contribution in [-0.4, -0.2) is 29.5 Å². The minimum absolute atomic E-state index is 0.194. The lowest BCUT2D eigenvalue weighted by molar-refractivity contribution is -0.120. The van der Waals surface area contributed by atoms with E-state index in [-0.39, 0.29) is 17.9 Å². The summed E-state index contributed by atoms with van der Waals surface area (Å²) in [5, 5.41) is 2.97. The van der Waals surface area contributed by atoms with E-state index in [4.69, 9.17) is 10.5 Å². The van der Waals surface area contributed by atoms with Crippen LogP contribution >= 0.6 is 0 Å². The van der Waals surface area contributed by atoms with Gasteiger partial charge in [-0.05, 0) is 85.5 Å². The van der Waals surface area contributed by atoms with Gasteiger partial charge in [0.25, 0.3) is 0 Å². The van der Waals surface area contributed by atoms with Gasteiger partial charge in [-0.3, -0.25) is 9.69 Å². The number of hydrogen-bond donors (Lipinski definition) is 2. The van der Waals surface area contributed by atoms with Gasteiger partial charge in [0.05, 0.1) is 11.4 Å². The van der Waals surface area contributed by atoms with Gasteiger partial charge < -0.3 is 15.8 Å². The number of carbonyl (C=O) groups is 2. The fourth-order valence-electron chi connectivity index (χ4n) is 6.09. The van der Waals surface area contributed by atoms with Gasteiger partial charge >= 0.3 is 6.09 Å². The highest BCUT2D eigenvalue weighted by molar-refractivity contribution is 5.99. The van der Waals surface area contributed by atoms with Crippen molar-refractivity contribution in [3.8, 4) is 0 Å². The number of amides is 2. The molecular formula is C28H35N3O3. The molecule has 3 saturated carbocycles. The molecule has 3 N–H and O–H groups in total. The summed E-state index contributed by atoms with van der Waals surface area (Å²) in [5.41, 5.74) is 10.6. The van der Waals surface area contributed by atoms with Crippen LogP contribution < -0.4 is 11.1 Å². The normalized spacial score (nSPS) is 28.0. The van der Waals surface area contributed by atoms with Crippen LogP contribution in [0.1, 0.15) is 69.4 Å². The van der Waals surface area contributed by atoms with Crippen LogP contribution in [0.2, 0.25) is 0 Å². The number of likely N-dealkylation sites (tertiary alicyclic amines) is 1. The van der Waals surface area contributed by atoms with Crippen LogP contribution in [0.3, 0.4) is 0 Å². The summed E-state index contributed by atoms with van der Waals surface area (Å²) in [6.45, 7) is 3.13. The SMILES string of the molecule is CC12CCC(c3ccc(NC(=O)[C@@H]4CCCN4C(=O)OCc4ccccc4)c(N)c3)(CC1)CC2. The molecule has 34 heavy (non-hydrogen) atoms. The van der Waals surface area contributed by atoms with Gasteiger partial charge in [0, 0.05) is 6.54 Å². The lowest BCUT2D eigenvalue weighted by Gasteiger charge is -2.52. The first-order chi connectivity index (χ1) is 16.4. The van der Waals surface area contributed by atoms with E-state index in [0.717, 1.165) is 12.0 Å². The Balaban J connectivity index is 1.22. The van der Waals surface area contributed by atoms with E-state index in [1.807, 2.05) is 36.4 Å². The number of carbonyl (C=O) groups excluding carboxylic acids is 2. The number of nitrogens with two attached hydrogens (primary N) is 1. The second-order valence-corrected chi connectivity index (χ2v) is 10.8. The lowest BCUT2D eigenvalue weighted by Crippen LogP contribution is -2.43. The molecule has 2 aromatic carbocycles. The van der Waals surface area contributed by atoms with Crippen LogP contribution in [-0.2, 0) is 21.6 Å². The van der Waals surface area contributed by atoms with Crippen LogP contribution in [0.4, 0.5) is 16.2 Å². The number of fused-ring (bicyclic) bond motifs is 3. The predicted molar refractivity (Wildman–Crippen MR) is 133 cm³/mol. The zero-order chi connectivity index (χ0) is 23.8. The number of anilines is 2. The molecule has 2 amide bonds. The van der Waals surface area contributed by atoms with Crippen molar-refractivity contribution in [2.75, 3.05) is 17.6 Å². The molecule has 1 saturated heterocycles. The maximum atomic E-state index is 13.1. The quantitative estimate of drug-likeness (QED) is 0.566. The smallest absolute Gasteiger partial charge is 0.410 e. The van der Waals surface area contributed by atoms with Crippen molar-refractivity contribution in [1.29, 1.82) is 0 Å². The Bertz CT molecular complexity index is 1040. The average molecular weight is 462 g/mol. The summed E-state index contributed by atoms with van der Waals surface area (Å²) in [5.74, 6) is -0.210. The molecule has 0 spiro atoms. The minimum atomic E-state index is -0.546. The third kappa shape index (κ3) is 4.38. The number of ether oxygens (including phenoxy) is 1. The summed E-state index contributed by atoms with van der Waals surface area (Å²) in [7, 11) is 0. The first-order valence-corrected chi connectivity index (χ1v) is 12.6. The van der Waals surface area contributed by atoms with Gasteiger partial charge in [-0.2, -0.15) is 0 Å². The second kappa shape index (κ2) is 8.97. The van der Waals surface area contributed by atoms with E-state index in [1.165, 1.54) is 49.0 Å². The largest absolute Gasteiger partial charge is 0.445 e. The summed E-state index contributed by atoms with van der Waals surface area (Å²) in [6, 6.07) is 15.1. The second-order valence-electron chi connectivity index (χ2n) is 10.8. The standard InChI is InChI=1S/C28H35N3O3/c1-27-11-14-28(15-12-27,16-13-27)21-9-10-23(22(29)18-21)30-25(32)24-8-5-17-31(24)26(33)34-19-20-6-3-2-4-7-20/h2-4,6-7,9-10,18,24H,5,8,11-17,19,29H2,1H3,(H,30,32)/t24-,27?,28?/m0/s1. The molecule has 1 heterocycles. The van der Waals surface area contributed by atoms with Crippen molar-refractivity contribution >= 4 is 23.4 Å². The molecule has 0 unspecified atom stereocenters. The maximum absolute atomic E-state index is 13.1. The van der Waals surface area contributed by atoms with Gasteiger partial charge in [-0.25, -0.2) is 4.79 Å². The van der Waals surface area contributed by atoms with Gasteiger partial charge in [-0.15, -0.1) is 0 Å². The highest BCUT2D eigenvalue weighted by Crippen LogP contribution is 2.57. The molecule has 2 bridgehead atoms. The molecular weight excluding hydrogens is 426 g/mol. The number of benzene rings is 2. The first-order valence-electron chi connectivity index (χ1n) is 12.6. The van der Waals surface area contributed by atoms with Gasteiger partial charge in [0.15, 0.2) is 0 Å². The molecule has 1 atom stereocenters. The number of nitrogens with zero attached hydrogens (tertiary/aromatic N) is 1. The Kier molecular flexibility index (Phi) is 6.00. The van der Waals surface area contributed by atoms with Crippen LogP contribution in [0.15, 0.2) is 48.5 Å². The molecule has 3 aliphatic carbocycles. The summed E-state index contributed by atoms with van der Waals surface area (Å²) >= 11 is 0. The van der Waals surface area contributed by atoms with Crippen LogP contribution in [0.25, 0.3) is 0 Å². The Morgan fingerprint density at radius 3 is 2.44 bits per heavy atom. The minimum Gasteiger partial charge on any atom is -0.445 e. The first kappa shape index (κ1) is 22.8. The Morgan fingerprint density at radius 1 is 1.06 bits per heavy atom. The third-order valence-electron chi connectivity index (χ3n) is 8.54. The van der Waals surface area contributed by atoms with Crippen molar-refractivity contribution in [3.63, 3.8) is 0 Å². The van der Waals surface area contributed by atoms with E-state index < -0.39 is 12.1 Å².